The fourth-order valence-corrected chi connectivity index (χ4v) is 3.70. The number of amides is 1. The standard InChI is InChI=1S/C21H17BrN2O/c1-2-24-19-9-4-3-8-17(19)18-13-16(10-11-20(18)24)23-21(25)14-6-5-7-15(22)12-14/h3-13H,2H2,1H3,(H,23,25). The molecule has 0 fully saturated rings. The summed E-state index contributed by atoms with van der Waals surface area (Å²) in [4.78, 5) is 12.5. The van der Waals surface area contributed by atoms with Crippen LogP contribution in [0.5, 0.6) is 0 Å². The Morgan fingerprint density at radius 2 is 1.76 bits per heavy atom. The topological polar surface area (TPSA) is 34.0 Å². The van der Waals surface area contributed by atoms with Crippen molar-refractivity contribution in [1.82, 2.24) is 4.57 Å². The third-order valence-corrected chi connectivity index (χ3v) is 4.93. The van der Waals surface area contributed by atoms with Crippen LogP contribution in [-0.2, 0) is 6.54 Å². The second-order valence-electron chi connectivity index (χ2n) is 5.96. The van der Waals surface area contributed by atoms with Crippen LogP contribution in [0, 0.1) is 0 Å². The number of nitrogens with one attached hydrogen (secondary N) is 1. The van der Waals surface area contributed by atoms with Gasteiger partial charge in [0.1, 0.15) is 0 Å². The first-order chi connectivity index (χ1) is 12.2. The monoisotopic (exact) mass is 392 g/mol. The predicted octanol–water partition coefficient (Wildman–Crippen LogP) is 5.83. The molecule has 0 spiro atoms. The van der Waals surface area contributed by atoms with Gasteiger partial charge in [0.2, 0.25) is 0 Å². The maximum Gasteiger partial charge on any atom is 0.255 e. The lowest BCUT2D eigenvalue weighted by atomic mass is 10.1. The van der Waals surface area contributed by atoms with Crippen molar-refractivity contribution in [1.29, 1.82) is 0 Å². The summed E-state index contributed by atoms with van der Waals surface area (Å²) < 4.78 is 3.19. The molecule has 0 atom stereocenters. The minimum Gasteiger partial charge on any atom is -0.341 e. The van der Waals surface area contributed by atoms with Crippen LogP contribution in [0.4, 0.5) is 5.69 Å². The van der Waals surface area contributed by atoms with E-state index in [4.69, 9.17) is 0 Å². The third-order valence-electron chi connectivity index (χ3n) is 4.43. The highest BCUT2D eigenvalue weighted by Gasteiger charge is 2.11. The van der Waals surface area contributed by atoms with Crippen molar-refractivity contribution in [2.75, 3.05) is 5.32 Å². The van der Waals surface area contributed by atoms with Gasteiger partial charge in [-0.1, -0.05) is 40.2 Å². The molecule has 0 saturated carbocycles. The number of hydrogen-bond acceptors (Lipinski definition) is 1. The Kier molecular flexibility index (Phi) is 4.06. The van der Waals surface area contributed by atoms with Gasteiger partial charge >= 0.3 is 0 Å². The Hall–Kier alpha value is -2.59. The van der Waals surface area contributed by atoms with Gasteiger partial charge in [-0.15, -0.1) is 0 Å². The van der Waals surface area contributed by atoms with Crippen molar-refractivity contribution in [3.8, 4) is 0 Å². The molecule has 0 aliphatic heterocycles. The molecule has 25 heavy (non-hydrogen) atoms. The van der Waals surface area contributed by atoms with E-state index >= 15 is 0 Å². The van der Waals surface area contributed by atoms with E-state index in [9.17, 15) is 4.79 Å². The molecule has 1 amide bonds. The summed E-state index contributed by atoms with van der Waals surface area (Å²) in [5, 5.41) is 5.36. The molecule has 4 aromatic rings. The van der Waals surface area contributed by atoms with Crippen LogP contribution < -0.4 is 5.32 Å². The van der Waals surface area contributed by atoms with E-state index in [-0.39, 0.29) is 5.91 Å². The summed E-state index contributed by atoms with van der Waals surface area (Å²) in [6.45, 7) is 3.06. The summed E-state index contributed by atoms with van der Waals surface area (Å²) in [5.74, 6) is -0.111. The van der Waals surface area contributed by atoms with Gasteiger partial charge < -0.3 is 9.88 Å². The Morgan fingerprint density at radius 3 is 2.56 bits per heavy atom. The summed E-state index contributed by atoms with van der Waals surface area (Å²) >= 11 is 3.40. The van der Waals surface area contributed by atoms with E-state index in [1.165, 1.54) is 16.4 Å². The first-order valence-electron chi connectivity index (χ1n) is 8.25. The smallest absolute Gasteiger partial charge is 0.255 e. The molecule has 3 nitrogen and oxygen atoms in total. The molecule has 4 rings (SSSR count). The molecular weight excluding hydrogens is 376 g/mol. The molecule has 1 heterocycles. The highest BCUT2D eigenvalue weighted by atomic mass is 79.9. The zero-order valence-electron chi connectivity index (χ0n) is 13.8. The first kappa shape index (κ1) is 15.9. The van der Waals surface area contributed by atoms with E-state index < -0.39 is 0 Å². The van der Waals surface area contributed by atoms with Crippen LogP contribution in [0.1, 0.15) is 17.3 Å². The molecule has 1 N–H and O–H groups in total. The number of carbonyl (C=O) groups excluding carboxylic acids is 1. The molecule has 0 unspecified atom stereocenters. The van der Waals surface area contributed by atoms with Crippen LogP contribution in [0.3, 0.4) is 0 Å². The van der Waals surface area contributed by atoms with E-state index in [0.717, 1.165) is 22.1 Å². The van der Waals surface area contributed by atoms with Crippen molar-refractivity contribution in [3.05, 3.63) is 76.8 Å². The van der Waals surface area contributed by atoms with Crippen LogP contribution in [-0.4, -0.2) is 10.5 Å². The van der Waals surface area contributed by atoms with Crippen LogP contribution in [0.25, 0.3) is 21.8 Å². The first-order valence-corrected chi connectivity index (χ1v) is 9.04. The summed E-state index contributed by atoms with van der Waals surface area (Å²) in [5.41, 5.74) is 3.83. The largest absolute Gasteiger partial charge is 0.341 e. The fraction of sp³-hybridized carbons (Fsp3) is 0.0952. The highest BCUT2D eigenvalue weighted by Crippen LogP contribution is 2.31. The summed E-state index contributed by atoms with van der Waals surface area (Å²) in [7, 11) is 0. The maximum atomic E-state index is 12.5. The molecule has 0 bridgehead atoms. The number of aryl methyl sites for hydroxylation is 1. The number of anilines is 1. The van der Waals surface area contributed by atoms with Crippen LogP contribution in [0.15, 0.2) is 71.2 Å². The second-order valence-corrected chi connectivity index (χ2v) is 6.87. The average Bonchev–Trinajstić information content (AvgIpc) is 2.95. The van der Waals surface area contributed by atoms with Gasteiger partial charge in [0.25, 0.3) is 5.91 Å². The van der Waals surface area contributed by atoms with E-state index in [1.807, 2.05) is 30.3 Å². The number of nitrogens with zero attached hydrogens (tertiary/aromatic N) is 1. The lowest BCUT2D eigenvalue weighted by Crippen LogP contribution is -2.11. The Labute approximate surface area is 154 Å². The van der Waals surface area contributed by atoms with Gasteiger partial charge in [0.15, 0.2) is 0 Å². The van der Waals surface area contributed by atoms with Gasteiger partial charge in [0.05, 0.1) is 0 Å². The number of hydrogen-bond donors (Lipinski definition) is 1. The van der Waals surface area contributed by atoms with Crippen molar-refractivity contribution in [2.45, 2.75) is 13.5 Å². The molecule has 124 valence electrons. The Morgan fingerprint density at radius 1 is 0.960 bits per heavy atom. The summed E-state index contributed by atoms with van der Waals surface area (Å²) in [6, 6.07) is 21.9. The second kappa shape index (κ2) is 6.37. The normalized spacial score (nSPS) is 11.1. The summed E-state index contributed by atoms with van der Waals surface area (Å²) in [6.07, 6.45) is 0. The number of carbonyl (C=O) groups is 1. The van der Waals surface area contributed by atoms with Crippen LogP contribution in [0.2, 0.25) is 0 Å². The van der Waals surface area contributed by atoms with E-state index in [1.54, 1.807) is 0 Å². The van der Waals surface area contributed by atoms with Gasteiger partial charge in [-0.05, 0) is 49.4 Å². The van der Waals surface area contributed by atoms with E-state index in [0.29, 0.717) is 5.56 Å². The van der Waals surface area contributed by atoms with Gasteiger partial charge in [-0.3, -0.25) is 4.79 Å². The van der Waals surface area contributed by atoms with Crippen molar-refractivity contribution < 1.29 is 4.79 Å². The number of aromatic nitrogens is 1. The molecule has 0 radical (unpaired) electrons. The van der Waals surface area contributed by atoms with Crippen molar-refractivity contribution in [3.63, 3.8) is 0 Å². The molecule has 0 aliphatic carbocycles. The third kappa shape index (κ3) is 2.83. The Bertz CT molecular complexity index is 1100. The molecule has 1 aromatic heterocycles. The predicted molar refractivity (Wildman–Crippen MR) is 107 cm³/mol. The highest BCUT2D eigenvalue weighted by molar-refractivity contribution is 9.10. The molecule has 4 heteroatoms. The van der Waals surface area contributed by atoms with E-state index in [2.05, 4.69) is 69.1 Å². The fourth-order valence-electron chi connectivity index (χ4n) is 3.31. The SMILES string of the molecule is CCn1c2ccccc2c2cc(NC(=O)c3cccc(Br)c3)ccc21. The Balaban J connectivity index is 1.76. The quantitative estimate of drug-likeness (QED) is 0.467. The van der Waals surface area contributed by atoms with Gasteiger partial charge in [-0.2, -0.15) is 0 Å². The minimum atomic E-state index is -0.111. The number of rotatable bonds is 3. The maximum absolute atomic E-state index is 12.5. The lowest BCUT2D eigenvalue weighted by Gasteiger charge is -2.07. The van der Waals surface area contributed by atoms with Crippen molar-refractivity contribution in [2.24, 2.45) is 0 Å². The van der Waals surface area contributed by atoms with Gasteiger partial charge in [-0.25, -0.2) is 0 Å². The molecule has 0 aliphatic rings. The lowest BCUT2D eigenvalue weighted by molar-refractivity contribution is 0.102. The number of halogens is 1. The zero-order chi connectivity index (χ0) is 17.4. The number of fused-ring (bicyclic) bond motifs is 3. The molecule has 3 aromatic carbocycles. The molecule has 0 saturated heterocycles. The number of para-hydroxylation sites is 1. The minimum absolute atomic E-state index is 0.111. The molecular formula is C21H17BrN2O. The average molecular weight is 393 g/mol. The number of benzene rings is 3. The van der Waals surface area contributed by atoms with Gasteiger partial charge in [0, 0.05) is 44.1 Å². The van der Waals surface area contributed by atoms with Crippen molar-refractivity contribution >= 4 is 49.3 Å². The zero-order valence-corrected chi connectivity index (χ0v) is 15.4. The van der Waals surface area contributed by atoms with Crippen LogP contribution >= 0.6 is 15.9 Å².